The molecule has 5 nitrogen and oxygen atoms in total. The maximum absolute atomic E-state index is 12.8. The minimum Gasteiger partial charge on any atom is -0.351 e. The Morgan fingerprint density at radius 3 is 2.04 bits per heavy atom. The van der Waals surface area contributed by atoms with Crippen molar-refractivity contribution in [2.45, 2.75) is 27.2 Å². The van der Waals surface area contributed by atoms with Gasteiger partial charge in [0.1, 0.15) is 0 Å². The summed E-state index contributed by atoms with van der Waals surface area (Å²) in [6.45, 7) is 8.39. The van der Waals surface area contributed by atoms with E-state index in [0.29, 0.717) is 32.6 Å². The van der Waals surface area contributed by atoms with Gasteiger partial charge in [-0.25, -0.2) is 0 Å². The quantitative estimate of drug-likeness (QED) is 0.851. The highest BCUT2D eigenvalue weighted by Gasteiger charge is 2.26. The van der Waals surface area contributed by atoms with Crippen molar-refractivity contribution >= 4 is 11.8 Å². The highest BCUT2D eigenvalue weighted by molar-refractivity contribution is 5.96. The molecule has 0 N–H and O–H groups in total. The van der Waals surface area contributed by atoms with Gasteiger partial charge in [-0.3, -0.25) is 9.59 Å². The average molecular weight is 353 g/mol. The van der Waals surface area contributed by atoms with E-state index in [2.05, 4.69) is 0 Å². The molecule has 3 rings (SSSR count). The van der Waals surface area contributed by atoms with Crippen molar-refractivity contribution in [1.29, 1.82) is 0 Å². The van der Waals surface area contributed by atoms with Crippen LogP contribution < -0.4 is 0 Å². The zero-order valence-electron chi connectivity index (χ0n) is 16.1. The Labute approximate surface area is 155 Å². The molecule has 0 spiro atoms. The van der Waals surface area contributed by atoms with Crippen LogP contribution in [-0.2, 0) is 18.3 Å². The number of hydrogen-bond donors (Lipinski definition) is 0. The summed E-state index contributed by atoms with van der Waals surface area (Å²) in [5.41, 5.74) is 5.07. The van der Waals surface area contributed by atoms with Gasteiger partial charge >= 0.3 is 0 Å². The molecule has 1 aromatic carbocycles. The zero-order chi connectivity index (χ0) is 18.8. The average Bonchev–Trinajstić information content (AvgIpc) is 2.90. The van der Waals surface area contributed by atoms with Gasteiger partial charge in [-0.2, -0.15) is 0 Å². The lowest BCUT2D eigenvalue weighted by Crippen LogP contribution is -2.51. The van der Waals surface area contributed by atoms with E-state index in [1.165, 1.54) is 5.56 Å². The van der Waals surface area contributed by atoms with Crippen molar-refractivity contribution in [3.63, 3.8) is 0 Å². The molecule has 1 aromatic heterocycles. The minimum atomic E-state index is 0.0665. The number of hydrogen-bond acceptors (Lipinski definition) is 2. The van der Waals surface area contributed by atoms with E-state index < -0.39 is 0 Å². The van der Waals surface area contributed by atoms with Crippen LogP contribution in [0, 0.1) is 20.8 Å². The molecule has 0 aliphatic carbocycles. The summed E-state index contributed by atoms with van der Waals surface area (Å²) < 4.78 is 2.04. The van der Waals surface area contributed by atoms with Crippen LogP contribution in [0.4, 0.5) is 0 Å². The smallest absolute Gasteiger partial charge is 0.255 e. The maximum atomic E-state index is 12.8. The van der Waals surface area contributed by atoms with E-state index in [1.807, 2.05) is 72.5 Å². The summed E-state index contributed by atoms with van der Waals surface area (Å²) in [4.78, 5) is 29.0. The van der Waals surface area contributed by atoms with Crippen molar-refractivity contribution in [1.82, 2.24) is 14.4 Å². The predicted octanol–water partition coefficient (Wildman–Crippen LogP) is 2.48. The Bertz CT molecular complexity index is 813. The molecule has 1 saturated heterocycles. The van der Waals surface area contributed by atoms with Crippen LogP contribution in [0.5, 0.6) is 0 Å². The molecule has 2 heterocycles. The Morgan fingerprint density at radius 2 is 1.50 bits per heavy atom. The maximum Gasteiger partial charge on any atom is 0.255 e. The summed E-state index contributed by atoms with van der Waals surface area (Å²) in [5, 5.41) is 0. The van der Waals surface area contributed by atoms with Crippen molar-refractivity contribution in [3.8, 4) is 0 Å². The molecule has 1 aliphatic heterocycles. The van der Waals surface area contributed by atoms with E-state index in [1.54, 1.807) is 0 Å². The largest absolute Gasteiger partial charge is 0.351 e. The fourth-order valence-electron chi connectivity index (χ4n) is 3.39. The van der Waals surface area contributed by atoms with Crippen LogP contribution in [0.25, 0.3) is 0 Å². The van der Waals surface area contributed by atoms with Gasteiger partial charge in [0.05, 0.1) is 12.0 Å². The number of rotatable bonds is 3. The topological polar surface area (TPSA) is 45.6 Å². The van der Waals surface area contributed by atoms with Crippen LogP contribution in [0.1, 0.15) is 32.9 Å². The molecule has 0 atom stereocenters. The first-order valence-corrected chi connectivity index (χ1v) is 9.12. The van der Waals surface area contributed by atoms with Gasteiger partial charge in [0.15, 0.2) is 0 Å². The number of carbonyl (C=O) groups excluding carboxylic acids is 2. The van der Waals surface area contributed by atoms with Gasteiger partial charge in [0.2, 0.25) is 5.91 Å². The van der Waals surface area contributed by atoms with Crippen molar-refractivity contribution in [2.75, 3.05) is 26.2 Å². The van der Waals surface area contributed by atoms with Crippen LogP contribution in [0.2, 0.25) is 0 Å². The first-order chi connectivity index (χ1) is 12.4. The molecule has 26 heavy (non-hydrogen) atoms. The Morgan fingerprint density at radius 1 is 0.923 bits per heavy atom. The van der Waals surface area contributed by atoms with E-state index in [0.717, 1.165) is 22.5 Å². The molecule has 0 unspecified atom stereocenters. The molecular formula is C21H27N3O2. The van der Waals surface area contributed by atoms with Crippen molar-refractivity contribution in [2.24, 2.45) is 7.05 Å². The first-order valence-electron chi connectivity index (χ1n) is 9.12. The molecular weight excluding hydrogens is 326 g/mol. The molecule has 1 fully saturated rings. The SMILES string of the molecule is Cc1ccc(CC(=O)N2CCN(C(=O)c3cc(C)n(C)c3C)CC2)cc1. The fraction of sp³-hybridized carbons (Fsp3) is 0.429. The molecule has 5 heteroatoms. The third-order valence-electron chi connectivity index (χ3n) is 5.40. The van der Waals surface area contributed by atoms with E-state index in [4.69, 9.17) is 0 Å². The van der Waals surface area contributed by atoms with Crippen LogP contribution in [-0.4, -0.2) is 52.4 Å². The predicted molar refractivity (Wildman–Crippen MR) is 102 cm³/mol. The van der Waals surface area contributed by atoms with Gasteiger partial charge in [0, 0.05) is 44.6 Å². The van der Waals surface area contributed by atoms with Gasteiger partial charge < -0.3 is 14.4 Å². The fourth-order valence-corrected chi connectivity index (χ4v) is 3.39. The molecule has 138 valence electrons. The second kappa shape index (κ2) is 7.36. The number of piperazine rings is 1. The Hall–Kier alpha value is -2.56. The Kier molecular flexibility index (Phi) is 5.16. The normalized spacial score (nSPS) is 14.6. The van der Waals surface area contributed by atoms with E-state index >= 15 is 0 Å². The monoisotopic (exact) mass is 353 g/mol. The van der Waals surface area contributed by atoms with Crippen LogP contribution in [0.15, 0.2) is 30.3 Å². The third kappa shape index (κ3) is 3.66. The van der Waals surface area contributed by atoms with Gasteiger partial charge in [-0.15, -0.1) is 0 Å². The molecule has 0 saturated carbocycles. The zero-order valence-corrected chi connectivity index (χ0v) is 16.1. The van der Waals surface area contributed by atoms with Gasteiger partial charge in [-0.05, 0) is 32.4 Å². The lowest BCUT2D eigenvalue weighted by molar-refractivity contribution is -0.131. The lowest BCUT2D eigenvalue weighted by atomic mass is 10.1. The summed E-state index contributed by atoms with van der Waals surface area (Å²) in [6.07, 6.45) is 0.422. The van der Waals surface area contributed by atoms with Gasteiger partial charge in [-0.1, -0.05) is 29.8 Å². The number of aryl methyl sites for hydroxylation is 2. The third-order valence-corrected chi connectivity index (χ3v) is 5.40. The van der Waals surface area contributed by atoms with Gasteiger partial charge in [0.25, 0.3) is 5.91 Å². The van der Waals surface area contributed by atoms with E-state index in [-0.39, 0.29) is 11.8 Å². The van der Waals surface area contributed by atoms with Crippen LogP contribution >= 0.6 is 0 Å². The second-order valence-electron chi connectivity index (χ2n) is 7.18. The number of benzene rings is 1. The molecule has 1 aliphatic rings. The number of amides is 2. The Balaban J connectivity index is 1.58. The van der Waals surface area contributed by atoms with Crippen LogP contribution in [0.3, 0.4) is 0 Å². The molecule has 2 aromatic rings. The minimum absolute atomic E-state index is 0.0665. The highest BCUT2D eigenvalue weighted by atomic mass is 16.2. The molecule has 0 bridgehead atoms. The molecule has 2 amide bonds. The summed E-state index contributed by atoms with van der Waals surface area (Å²) >= 11 is 0. The highest BCUT2D eigenvalue weighted by Crippen LogP contribution is 2.17. The number of nitrogens with zero attached hydrogens (tertiary/aromatic N) is 3. The number of aromatic nitrogens is 1. The van der Waals surface area contributed by atoms with Crippen molar-refractivity contribution < 1.29 is 9.59 Å². The standard InChI is InChI=1S/C21H27N3O2/c1-15-5-7-18(8-6-15)14-20(25)23-9-11-24(12-10-23)21(26)19-13-16(2)22(4)17(19)3/h5-8,13H,9-12,14H2,1-4H3. The second-order valence-corrected chi connectivity index (χ2v) is 7.18. The number of carbonyl (C=O) groups is 2. The van der Waals surface area contributed by atoms with Crippen molar-refractivity contribution in [3.05, 3.63) is 58.4 Å². The van der Waals surface area contributed by atoms with E-state index in [9.17, 15) is 9.59 Å². The summed E-state index contributed by atoms with van der Waals surface area (Å²) in [5.74, 6) is 0.199. The lowest BCUT2D eigenvalue weighted by Gasteiger charge is -2.35. The molecule has 0 radical (unpaired) electrons. The summed E-state index contributed by atoms with van der Waals surface area (Å²) in [7, 11) is 1.98. The first kappa shape index (κ1) is 18.2. The summed E-state index contributed by atoms with van der Waals surface area (Å²) in [6, 6.07) is 10.0.